The molecule has 0 aromatic carbocycles. The highest BCUT2D eigenvalue weighted by molar-refractivity contribution is 7.95. The molecule has 1 fully saturated rings. The molecule has 6 rings (SSSR count). The molecule has 2 aromatic heterocycles. The maximum absolute atomic E-state index is 13.1. The van der Waals surface area contributed by atoms with Gasteiger partial charge in [-0.2, -0.15) is 0 Å². The number of aliphatic imine (C=N–C) groups is 1. The Labute approximate surface area is 297 Å². The van der Waals surface area contributed by atoms with Crippen LogP contribution in [0.2, 0.25) is 0 Å². The number of rotatable bonds is 14. The lowest BCUT2D eigenvalue weighted by molar-refractivity contribution is -0.133. The van der Waals surface area contributed by atoms with Gasteiger partial charge in [-0.1, -0.05) is 86.5 Å². The van der Waals surface area contributed by atoms with E-state index in [0.717, 1.165) is 33.2 Å². The lowest BCUT2D eigenvalue weighted by Crippen LogP contribution is -2.46. The number of carbonyl (C=O) groups is 2. The zero-order valence-electron chi connectivity index (χ0n) is 28.9. The van der Waals surface area contributed by atoms with Gasteiger partial charge < -0.3 is 9.47 Å². The molecule has 4 aliphatic heterocycles. The third-order valence-electron chi connectivity index (χ3n) is 9.82. The van der Waals surface area contributed by atoms with Crippen LogP contribution in [0.3, 0.4) is 0 Å². The summed E-state index contributed by atoms with van der Waals surface area (Å²) >= 11 is 4.71. The number of hydrogen-bond donors (Lipinski definition) is 2. The summed E-state index contributed by atoms with van der Waals surface area (Å²) in [5, 5.41) is 0. The Hall–Kier alpha value is -2.76. The zero-order chi connectivity index (χ0) is 34.1. The predicted molar refractivity (Wildman–Crippen MR) is 200 cm³/mol. The number of fused-ring (bicyclic) bond motifs is 1. The molecule has 0 amide bonds. The average Bonchev–Trinajstić information content (AvgIpc) is 3.89. The number of nitrogens with one attached hydrogen (secondary N) is 2. The summed E-state index contributed by atoms with van der Waals surface area (Å²) in [5.41, 5.74) is 2.84. The lowest BCUT2D eigenvalue weighted by atomic mass is 9.74. The van der Waals surface area contributed by atoms with E-state index < -0.39 is 11.9 Å². The normalized spacial score (nSPS) is 22.7. The van der Waals surface area contributed by atoms with E-state index in [1.54, 1.807) is 23.5 Å². The lowest BCUT2D eigenvalue weighted by Gasteiger charge is -2.36. The van der Waals surface area contributed by atoms with Crippen molar-refractivity contribution in [3.8, 4) is 0 Å². The van der Waals surface area contributed by atoms with Crippen LogP contribution in [-0.2, 0) is 24.5 Å². The van der Waals surface area contributed by atoms with Crippen LogP contribution in [0.5, 0.6) is 0 Å². The van der Waals surface area contributed by atoms with Gasteiger partial charge in [0, 0.05) is 23.2 Å². The molecule has 6 heterocycles. The fourth-order valence-electron chi connectivity index (χ4n) is 6.75. The fourth-order valence-corrected chi connectivity index (χ4v) is 9.67. The molecule has 0 aliphatic carbocycles. The van der Waals surface area contributed by atoms with E-state index in [1.807, 2.05) is 18.2 Å². The van der Waals surface area contributed by atoms with E-state index in [-0.39, 0.29) is 34.1 Å². The van der Waals surface area contributed by atoms with E-state index in [4.69, 9.17) is 14.5 Å². The summed E-state index contributed by atoms with van der Waals surface area (Å²) < 4.78 is 18.5. The molecule has 10 heteroatoms. The number of thiophene rings is 2. The molecule has 1 saturated heterocycles. The molecule has 256 valence electrons. The van der Waals surface area contributed by atoms with Gasteiger partial charge in [-0.15, -0.1) is 22.7 Å². The van der Waals surface area contributed by atoms with Crippen LogP contribution in [0.15, 0.2) is 64.3 Å². The summed E-state index contributed by atoms with van der Waals surface area (Å²) in [7, 11) is 0. The van der Waals surface area contributed by atoms with Crippen molar-refractivity contribution in [2.45, 2.75) is 117 Å². The van der Waals surface area contributed by atoms with Gasteiger partial charge in [-0.25, -0.2) is 19.0 Å². The SMILES string of the molecule is CCCCCCC(C)(C)c1ccc(C2=C/C(=C3/C=C(c4ccc(C5=NC=C(C(C)(C)CCCCC)C6NSNC56)s4)OC3=O)C(=O)O2)s1. The minimum absolute atomic E-state index is 0.0333. The molecule has 0 spiro atoms. The van der Waals surface area contributed by atoms with Crippen molar-refractivity contribution in [2.24, 2.45) is 10.4 Å². The molecule has 2 unspecified atom stereocenters. The maximum Gasteiger partial charge on any atom is 0.344 e. The van der Waals surface area contributed by atoms with Crippen LogP contribution < -0.4 is 9.44 Å². The Bertz CT molecular complexity index is 1720. The van der Waals surface area contributed by atoms with Gasteiger partial charge in [0.1, 0.15) is 11.5 Å². The first kappa shape index (κ1) is 35.1. The second-order valence-corrected chi connectivity index (χ2v) is 17.2. The molecule has 48 heavy (non-hydrogen) atoms. The van der Waals surface area contributed by atoms with Crippen LogP contribution in [0, 0.1) is 5.41 Å². The molecule has 0 saturated carbocycles. The molecular weight excluding hydrogens is 659 g/mol. The van der Waals surface area contributed by atoms with Crippen molar-refractivity contribution in [3.05, 3.63) is 78.8 Å². The molecule has 2 atom stereocenters. The summed E-state index contributed by atoms with van der Waals surface area (Å²) in [6.45, 7) is 13.7. The Morgan fingerprint density at radius 2 is 1.27 bits per heavy atom. The van der Waals surface area contributed by atoms with Gasteiger partial charge in [0.15, 0.2) is 0 Å². The molecule has 0 radical (unpaired) electrons. The van der Waals surface area contributed by atoms with Crippen LogP contribution in [0.1, 0.15) is 119 Å². The standard InChI is InChI=1S/C38H47N3O4S3/c1-7-9-11-13-19-38(5,6)31-17-16-29(47-31)27-21-24(36(43)45-27)23-20-26(44-35(23)42)28-14-15-30(46-28)33-34-32(40-48-41-34)25(22-39-33)37(3,4)18-12-10-8-2/h14-17,20-22,32,34,40-41H,7-13,18-19H2,1-6H3/b24-23+. The number of cyclic esters (lactones) is 2. The van der Waals surface area contributed by atoms with Crippen molar-refractivity contribution >= 4 is 64.0 Å². The second kappa shape index (κ2) is 14.6. The van der Waals surface area contributed by atoms with Gasteiger partial charge in [0.25, 0.3) is 0 Å². The highest BCUT2D eigenvalue weighted by Gasteiger charge is 2.42. The zero-order valence-corrected chi connectivity index (χ0v) is 31.3. The minimum Gasteiger partial charge on any atom is -0.421 e. The smallest absolute Gasteiger partial charge is 0.344 e. The first-order valence-electron chi connectivity index (χ1n) is 17.3. The number of esters is 2. The highest BCUT2D eigenvalue weighted by atomic mass is 32.2. The molecule has 0 bridgehead atoms. The third kappa shape index (κ3) is 7.24. The molecule has 2 aromatic rings. The van der Waals surface area contributed by atoms with E-state index >= 15 is 0 Å². The molecule has 7 nitrogen and oxygen atoms in total. The Kier molecular flexibility index (Phi) is 10.7. The highest BCUT2D eigenvalue weighted by Crippen LogP contribution is 2.43. The Morgan fingerprint density at radius 3 is 1.96 bits per heavy atom. The third-order valence-corrected chi connectivity index (χ3v) is 13.2. The van der Waals surface area contributed by atoms with E-state index in [2.05, 4.69) is 63.3 Å². The van der Waals surface area contributed by atoms with Gasteiger partial charge in [-0.05, 0) is 65.7 Å². The van der Waals surface area contributed by atoms with Gasteiger partial charge >= 0.3 is 11.9 Å². The molecule has 4 aliphatic rings. The number of nitrogens with zero attached hydrogens (tertiary/aromatic N) is 1. The van der Waals surface area contributed by atoms with Gasteiger partial charge in [-0.3, -0.25) is 4.99 Å². The number of ether oxygens (including phenoxy) is 2. The van der Waals surface area contributed by atoms with Crippen molar-refractivity contribution < 1.29 is 19.1 Å². The predicted octanol–water partition coefficient (Wildman–Crippen LogP) is 9.64. The number of hydrogen-bond acceptors (Lipinski definition) is 10. The van der Waals surface area contributed by atoms with Crippen LogP contribution in [0.25, 0.3) is 11.5 Å². The van der Waals surface area contributed by atoms with Crippen LogP contribution in [0.4, 0.5) is 0 Å². The van der Waals surface area contributed by atoms with Crippen molar-refractivity contribution in [3.63, 3.8) is 0 Å². The van der Waals surface area contributed by atoms with Crippen LogP contribution >= 0.6 is 34.8 Å². The monoisotopic (exact) mass is 705 g/mol. The van der Waals surface area contributed by atoms with Crippen LogP contribution in [-0.4, -0.2) is 29.7 Å². The van der Waals surface area contributed by atoms with E-state index in [0.29, 0.717) is 11.5 Å². The minimum atomic E-state index is -0.546. The Balaban J connectivity index is 1.21. The molecular formula is C38H47N3O4S3. The van der Waals surface area contributed by atoms with Crippen molar-refractivity contribution in [2.75, 3.05) is 0 Å². The number of unbranched alkanes of at least 4 members (excludes halogenated alkanes) is 5. The summed E-state index contributed by atoms with van der Waals surface area (Å²) in [6.07, 6.45) is 16.2. The first-order chi connectivity index (χ1) is 23.0. The quantitative estimate of drug-likeness (QED) is 0.0876. The largest absolute Gasteiger partial charge is 0.421 e. The van der Waals surface area contributed by atoms with Gasteiger partial charge in [0.05, 0.1) is 43.6 Å². The topological polar surface area (TPSA) is 89.0 Å². The van der Waals surface area contributed by atoms with Crippen molar-refractivity contribution in [1.29, 1.82) is 0 Å². The first-order valence-corrected chi connectivity index (χ1v) is 19.8. The summed E-state index contributed by atoms with van der Waals surface area (Å²) in [4.78, 5) is 35.1. The summed E-state index contributed by atoms with van der Waals surface area (Å²) in [6, 6.07) is 8.32. The number of carbonyl (C=O) groups excluding carboxylic acids is 2. The Morgan fingerprint density at radius 1 is 0.708 bits per heavy atom. The van der Waals surface area contributed by atoms with E-state index in [1.165, 1.54) is 78.9 Å². The van der Waals surface area contributed by atoms with Crippen molar-refractivity contribution in [1.82, 2.24) is 9.44 Å². The van der Waals surface area contributed by atoms with E-state index in [9.17, 15) is 9.59 Å². The second-order valence-electron chi connectivity index (χ2n) is 14.4. The maximum atomic E-state index is 13.1. The molecule has 2 N–H and O–H groups in total. The van der Waals surface area contributed by atoms with Gasteiger partial charge in [0.2, 0.25) is 0 Å². The fraction of sp³-hybridized carbons (Fsp3) is 0.500. The average molecular weight is 706 g/mol. The summed E-state index contributed by atoms with van der Waals surface area (Å²) in [5.74, 6) is -0.162.